The lowest BCUT2D eigenvalue weighted by Gasteiger charge is -2.29. The van der Waals surface area contributed by atoms with Crippen molar-refractivity contribution in [2.24, 2.45) is 0 Å². The number of fused-ring (bicyclic) bond motifs is 1. The van der Waals surface area contributed by atoms with Crippen LogP contribution in [-0.2, 0) is 6.54 Å². The van der Waals surface area contributed by atoms with Gasteiger partial charge in [-0.1, -0.05) is 19.1 Å². The first-order valence-electron chi connectivity index (χ1n) is 6.67. The third kappa shape index (κ3) is 2.65. The van der Waals surface area contributed by atoms with Crippen LogP contribution in [-0.4, -0.2) is 37.1 Å². The molecule has 1 aromatic carbocycles. The Labute approximate surface area is 122 Å². The van der Waals surface area contributed by atoms with E-state index in [9.17, 15) is 4.79 Å². The van der Waals surface area contributed by atoms with Crippen molar-refractivity contribution in [3.8, 4) is 0 Å². The van der Waals surface area contributed by atoms with Gasteiger partial charge in [-0.3, -0.25) is 0 Å². The summed E-state index contributed by atoms with van der Waals surface area (Å²) in [5, 5.41) is 17.3. The van der Waals surface area contributed by atoms with Crippen LogP contribution in [0.3, 0.4) is 0 Å². The first kappa shape index (κ1) is 14.8. The van der Waals surface area contributed by atoms with Crippen LogP contribution in [0.5, 0.6) is 0 Å². The molecular weight excluding hydrogens is 274 g/mol. The molecule has 2 aromatic rings. The number of carboxylic acids is 1. The summed E-state index contributed by atoms with van der Waals surface area (Å²) < 4.78 is 2.02. The Morgan fingerprint density at radius 3 is 2.65 bits per heavy atom. The minimum absolute atomic E-state index is 0.145. The summed E-state index contributed by atoms with van der Waals surface area (Å²) in [6.45, 7) is 5.15. The molecule has 0 aliphatic rings. The predicted octanol–water partition coefficient (Wildman–Crippen LogP) is 3.05. The normalized spacial score (nSPS) is 11.9. The van der Waals surface area contributed by atoms with E-state index in [4.69, 9.17) is 5.11 Å². The van der Waals surface area contributed by atoms with Crippen LogP contribution in [0.1, 0.15) is 37.0 Å². The summed E-state index contributed by atoms with van der Waals surface area (Å²) in [5.41, 5.74) is 1.76. The second-order valence-corrected chi connectivity index (χ2v) is 6.12. The van der Waals surface area contributed by atoms with Gasteiger partial charge in [0, 0.05) is 4.75 Å². The largest absolute Gasteiger partial charge is 0.478 e. The molecule has 0 atom stereocenters. The zero-order chi connectivity index (χ0) is 14.8. The number of carbonyl (C=O) groups is 1. The highest BCUT2D eigenvalue weighted by Gasteiger charge is 2.26. The van der Waals surface area contributed by atoms with Crippen molar-refractivity contribution in [1.82, 2.24) is 15.0 Å². The van der Waals surface area contributed by atoms with Crippen LogP contribution in [0.15, 0.2) is 18.2 Å². The number of hydrogen-bond donors (Lipinski definition) is 1. The molecule has 0 saturated heterocycles. The van der Waals surface area contributed by atoms with E-state index in [0.717, 1.165) is 24.9 Å². The van der Waals surface area contributed by atoms with E-state index in [-0.39, 0.29) is 10.3 Å². The van der Waals surface area contributed by atoms with Crippen molar-refractivity contribution < 1.29 is 9.90 Å². The Balaban J connectivity index is 2.39. The van der Waals surface area contributed by atoms with E-state index in [1.165, 1.54) is 0 Å². The standard InChI is InChI=1S/C14H19N3O2S/c1-4-14(5-2,20-3)9-17-12-7-6-10(13(18)19)8-11(12)15-16-17/h6-8H,4-5,9H2,1-3H3,(H,18,19). The van der Waals surface area contributed by atoms with Gasteiger partial charge in [0.05, 0.1) is 17.6 Å². The fourth-order valence-electron chi connectivity index (χ4n) is 2.32. The van der Waals surface area contributed by atoms with Crippen molar-refractivity contribution in [3.05, 3.63) is 23.8 Å². The van der Waals surface area contributed by atoms with E-state index in [1.807, 2.05) is 16.4 Å². The minimum Gasteiger partial charge on any atom is -0.478 e. The summed E-state index contributed by atoms with van der Waals surface area (Å²) >= 11 is 1.85. The molecule has 0 saturated carbocycles. The molecule has 2 rings (SSSR count). The van der Waals surface area contributed by atoms with Crippen LogP contribution < -0.4 is 0 Å². The highest BCUT2D eigenvalue weighted by Crippen LogP contribution is 2.32. The monoisotopic (exact) mass is 293 g/mol. The van der Waals surface area contributed by atoms with Gasteiger partial charge in [0.25, 0.3) is 0 Å². The van der Waals surface area contributed by atoms with E-state index in [0.29, 0.717) is 5.52 Å². The van der Waals surface area contributed by atoms with Gasteiger partial charge in [-0.05, 0) is 37.3 Å². The van der Waals surface area contributed by atoms with Gasteiger partial charge >= 0.3 is 5.97 Å². The second-order valence-electron chi connectivity index (χ2n) is 4.85. The smallest absolute Gasteiger partial charge is 0.335 e. The summed E-state index contributed by atoms with van der Waals surface area (Å²) in [6.07, 6.45) is 4.23. The second kappa shape index (κ2) is 5.83. The number of aromatic carboxylic acids is 1. The van der Waals surface area contributed by atoms with Gasteiger partial charge in [-0.25, -0.2) is 9.48 Å². The first-order chi connectivity index (χ1) is 9.55. The maximum atomic E-state index is 11.0. The molecule has 0 bridgehead atoms. The van der Waals surface area contributed by atoms with Gasteiger partial charge in [-0.15, -0.1) is 5.10 Å². The molecule has 20 heavy (non-hydrogen) atoms. The third-order valence-electron chi connectivity index (χ3n) is 3.92. The molecule has 1 N–H and O–H groups in total. The van der Waals surface area contributed by atoms with E-state index < -0.39 is 5.97 Å². The summed E-state index contributed by atoms with van der Waals surface area (Å²) in [7, 11) is 0. The van der Waals surface area contributed by atoms with Crippen LogP contribution in [0.4, 0.5) is 0 Å². The highest BCUT2D eigenvalue weighted by atomic mass is 32.2. The quantitative estimate of drug-likeness (QED) is 0.886. The topological polar surface area (TPSA) is 68.0 Å². The SMILES string of the molecule is CCC(CC)(Cn1nnc2cc(C(=O)O)ccc21)SC. The van der Waals surface area contributed by atoms with Gasteiger partial charge in [0.15, 0.2) is 0 Å². The first-order valence-corrected chi connectivity index (χ1v) is 7.89. The van der Waals surface area contributed by atoms with Gasteiger partial charge in [0.2, 0.25) is 0 Å². The average molecular weight is 293 g/mol. The number of rotatable bonds is 6. The fourth-order valence-corrected chi connectivity index (χ4v) is 3.15. The number of nitrogens with zero attached hydrogens (tertiary/aromatic N) is 3. The van der Waals surface area contributed by atoms with Crippen molar-refractivity contribution in [2.45, 2.75) is 38.0 Å². The van der Waals surface area contributed by atoms with Crippen molar-refractivity contribution in [3.63, 3.8) is 0 Å². The lowest BCUT2D eigenvalue weighted by molar-refractivity contribution is 0.0697. The van der Waals surface area contributed by atoms with Crippen molar-refractivity contribution in [1.29, 1.82) is 0 Å². The summed E-state index contributed by atoms with van der Waals surface area (Å²) in [6, 6.07) is 4.96. The number of aromatic nitrogens is 3. The van der Waals surface area contributed by atoms with E-state index in [1.54, 1.807) is 18.2 Å². The van der Waals surface area contributed by atoms with Gasteiger partial charge in [0.1, 0.15) is 5.52 Å². The molecule has 108 valence electrons. The van der Waals surface area contributed by atoms with Crippen LogP contribution >= 0.6 is 11.8 Å². The lowest BCUT2D eigenvalue weighted by Crippen LogP contribution is -2.29. The molecule has 1 heterocycles. The molecule has 6 heteroatoms. The summed E-state index contributed by atoms with van der Waals surface area (Å²) in [5.74, 6) is -0.943. The Bertz CT molecular complexity index is 612. The molecule has 0 aliphatic heterocycles. The van der Waals surface area contributed by atoms with Crippen LogP contribution in [0.25, 0.3) is 11.0 Å². The Morgan fingerprint density at radius 1 is 1.40 bits per heavy atom. The molecule has 1 aromatic heterocycles. The highest BCUT2D eigenvalue weighted by molar-refractivity contribution is 8.00. The number of thioether (sulfide) groups is 1. The predicted molar refractivity (Wildman–Crippen MR) is 81.3 cm³/mol. The molecule has 0 fully saturated rings. The molecule has 0 aliphatic carbocycles. The molecule has 0 unspecified atom stereocenters. The number of benzene rings is 1. The van der Waals surface area contributed by atoms with Crippen molar-refractivity contribution >= 4 is 28.8 Å². The van der Waals surface area contributed by atoms with Crippen molar-refractivity contribution in [2.75, 3.05) is 6.26 Å². The maximum absolute atomic E-state index is 11.0. The average Bonchev–Trinajstić information content (AvgIpc) is 2.87. The molecule has 5 nitrogen and oxygen atoms in total. The lowest BCUT2D eigenvalue weighted by atomic mass is 10.0. The van der Waals surface area contributed by atoms with E-state index in [2.05, 4.69) is 30.4 Å². The van der Waals surface area contributed by atoms with Gasteiger partial charge < -0.3 is 5.11 Å². The molecule has 0 amide bonds. The number of hydrogen-bond acceptors (Lipinski definition) is 4. The fraction of sp³-hybridized carbons (Fsp3) is 0.500. The Morgan fingerprint density at radius 2 is 2.10 bits per heavy atom. The Hall–Kier alpha value is -1.56. The van der Waals surface area contributed by atoms with Gasteiger partial charge in [-0.2, -0.15) is 11.8 Å². The van der Waals surface area contributed by atoms with Crippen LogP contribution in [0, 0.1) is 0 Å². The zero-order valence-corrected chi connectivity index (χ0v) is 12.8. The number of carboxylic acid groups (broad SMARTS) is 1. The Kier molecular flexibility index (Phi) is 4.32. The van der Waals surface area contributed by atoms with E-state index >= 15 is 0 Å². The summed E-state index contributed by atoms with van der Waals surface area (Å²) in [4.78, 5) is 11.0. The maximum Gasteiger partial charge on any atom is 0.335 e. The zero-order valence-electron chi connectivity index (χ0n) is 12.0. The third-order valence-corrected chi connectivity index (χ3v) is 5.49. The molecular formula is C14H19N3O2S. The van der Waals surface area contributed by atoms with Crippen LogP contribution in [0.2, 0.25) is 0 Å². The molecule has 0 spiro atoms. The minimum atomic E-state index is -0.943. The molecule has 0 radical (unpaired) electrons.